The molecule has 0 saturated carbocycles. The third-order valence-corrected chi connectivity index (χ3v) is 12.4. The number of anilines is 3. The third-order valence-electron chi connectivity index (χ3n) is 12.4. The molecular weight excluding hydrogens is 803 g/mol. The number of nitrogens with zero attached hydrogens (tertiary/aromatic N) is 5. The molecule has 0 N–H and O–H groups in total. The van der Waals surface area contributed by atoms with Crippen LogP contribution in [0.25, 0.3) is 94.7 Å². The first-order valence-electron chi connectivity index (χ1n) is 22.3. The molecule has 0 spiro atoms. The van der Waals surface area contributed by atoms with E-state index in [1.807, 2.05) is 18.2 Å². The Morgan fingerprint density at radius 1 is 0.273 bits per heavy atom. The van der Waals surface area contributed by atoms with Crippen LogP contribution in [0.4, 0.5) is 17.1 Å². The van der Waals surface area contributed by atoms with Crippen molar-refractivity contribution in [3.05, 3.63) is 249 Å². The maximum atomic E-state index is 5.37. The summed E-state index contributed by atoms with van der Waals surface area (Å²) in [6, 6.07) is 87.7. The monoisotopic (exact) mass is 843 g/mol. The summed E-state index contributed by atoms with van der Waals surface area (Å²) in [5.41, 5.74) is 13.8. The minimum atomic E-state index is 0.540. The maximum absolute atomic E-state index is 5.37. The van der Waals surface area contributed by atoms with E-state index < -0.39 is 0 Å². The summed E-state index contributed by atoms with van der Waals surface area (Å²) in [6.45, 7) is 0. The molecule has 0 amide bonds. The summed E-state index contributed by atoms with van der Waals surface area (Å²) in [5.74, 6) is 1.74. The molecule has 66 heavy (non-hydrogen) atoms. The van der Waals surface area contributed by atoms with Gasteiger partial charge in [0.1, 0.15) is 0 Å². The van der Waals surface area contributed by atoms with Crippen LogP contribution in [0.2, 0.25) is 0 Å². The smallest absolute Gasteiger partial charge is 0.238 e. The van der Waals surface area contributed by atoms with Gasteiger partial charge in [0.05, 0.1) is 11.0 Å². The van der Waals surface area contributed by atoms with E-state index in [4.69, 9.17) is 15.0 Å². The van der Waals surface area contributed by atoms with Crippen LogP contribution in [0.3, 0.4) is 0 Å². The summed E-state index contributed by atoms with van der Waals surface area (Å²) >= 11 is 0. The van der Waals surface area contributed by atoms with Gasteiger partial charge >= 0.3 is 0 Å². The molecule has 0 bridgehead atoms. The Balaban J connectivity index is 1.06. The van der Waals surface area contributed by atoms with Crippen molar-refractivity contribution < 1.29 is 0 Å². The Bertz CT molecular complexity index is 3660. The molecule has 12 aromatic rings. The van der Waals surface area contributed by atoms with Gasteiger partial charge in [-0.1, -0.05) is 200 Å². The van der Waals surface area contributed by atoms with Crippen molar-refractivity contribution in [2.24, 2.45) is 0 Å². The highest BCUT2D eigenvalue weighted by atomic mass is 15.2. The largest absolute Gasteiger partial charge is 0.310 e. The molecule has 0 saturated heterocycles. The van der Waals surface area contributed by atoms with Crippen LogP contribution in [0.1, 0.15) is 0 Å². The van der Waals surface area contributed by atoms with Crippen molar-refractivity contribution in [2.45, 2.75) is 0 Å². The van der Waals surface area contributed by atoms with E-state index in [2.05, 4.69) is 240 Å². The number of rotatable bonds is 9. The minimum absolute atomic E-state index is 0.540. The lowest BCUT2D eigenvalue weighted by Crippen LogP contribution is -2.10. The van der Waals surface area contributed by atoms with Gasteiger partial charge in [0, 0.05) is 39.0 Å². The van der Waals surface area contributed by atoms with Gasteiger partial charge in [0.25, 0.3) is 0 Å². The molecule has 12 rings (SSSR count). The Morgan fingerprint density at radius 2 is 0.682 bits per heavy atom. The molecule has 310 valence electrons. The van der Waals surface area contributed by atoms with Crippen molar-refractivity contribution in [2.75, 3.05) is 4.90 Å². The van der Waals surface area contributed by atoms with E-state index in [9.17, 15) is 0 Å². The Morgan fingerprint density at radius 3 is 1.35 bits per heavy atom. The number of para-hydroxylation sites is 1. The van der Waals surface area contributed by atoms with Crippen LogP contribution in [0, 0.1) is 0 Å². The Labute approximate surface area is 383 Å². The number of fused-ring (bicyclic) bond motifs is 4. The van der Waals surface area contributed by atoms with Crippen molar-refractivity contribution in [1.29, 1.82) is 0 Å². The zero-order valence-electron chi connectivity index (χ0n) is 35.9. The second kappa shape index (κ2) is 16.6. The van der Waals surface area contributed by atoms with Gasteiger partial charge in [-0.2, -0.15) is 9.97 Å². The number of benzene rings is 10. The lowest BCUT2D eigenvalue weighted by molar-refractivity contribution is 0.953. The van der Waals surface area contributed by atoms with Gasteiger partial charge in [0.15, 0.2) is 11.6 Å². The van der Waals surface area contributed by atoms with Gasteiger partial charge in [-0.25, -0.2) is 4.98 Å². The van der Waals surface area contributed by atoms with Crippen LogP contribution >= 0.6 is 0 Å². The van der Waals surface area contributed by atoms with Crippen molar-refractivity contribution >= 4 is 49.6 Å². The van der Waals surface area contributed by atoms with E-state index in [0.29, 0.717) is 17.6 Å². The summed E-state index contributed by atoms with van der Waals surface area (Å²) < 4.78 is 2.23. The predicted octanol–water partition coefficient (Wildman–Crippen LogP) is 15.9. The second-order valence-electron chi connectivity index (χ2n) is 16.5. The zero-order chi connectivity index (χ0) is 43.8. The fraction of sp³-hybridized carbons (Fsp3) is 0. The van der Waals surface area contributed by atoms with E-state index in [1.165, 1.54) is 21.9 Å². The van der Waals surface area contributed by atoms with Crippen molar-refractivity contribution in [3.63, 3.8) is 0 Å². The van der Waals surface area contributed by atoms with Crippen LogP contribution in [0.5, 0.6) is 0 Å². The van der Waals surface area contributed by atoms with Gasteiger partial charge in [-0.3, -0.25) is 4.57 Å². The van der Waals surface area contributed by atoms with Gasteiger partial charge < -0.3 is 4.90 Å². The SMILES string of the molecule is c1ccc(-c2ccc(N(c3ccccc3)c3ccc4c5ccc(-c6ccccc6)cc5n(-c5nc(-c6ccccc6)nc(-c6ccc(-c7ccc8ccccc8c7)cc6)n5)c4c3)cc2)cc1. The second-order valence-corrected chi connectivity index (χ2v) is 16.5. The summed E-state index contributed by atoms with van der Waals surface area (Å²) in [5, 5.41) is 4.65. The Hall–Kier alpha value is -8.93. The molecule has 10 aromatic carbocycles. The molecule has 0 atom stereocenters. The molecule has 5 nitrogen and oxygen atoms in total. The first-order valence-corrected chi connectivity index (χ1v) is 22.3. The minimum Gasteiger partial charge on any atom is -0.310 e. The quantitative estimate of drug-likeness (QED) is 0.145. The lowest BCUT2D eigenvalue weighted by atomic mass is 10.0. The summed E-state index contributed by atoms with van der Waals surface area (Å²) in [7, 11) is 0. The molecule has 0 fully saturated rings. The summed E-state index contributed by atoms with van der Waals surface area (Å²) in [4.78, 5) is 18.2. The highest BCUT2D eigenvalue weighted by Gasteiger charge is 2.21. The molecule has 2 heterocycles. The third kappa shape index (κ3) is 7.25. The Kier molecular flexibility index (Phi) is 9.77. The molecule has 0 aliphatic heterocycles. The summed E-state index contributed by atoms with van der Waals surface area (Å²) in [6.07, 6.45) is 0. The topological polar surface area (TPSA) is 46.8 Å². The molecular formula is C61H41N5. The van der Waals surface area contributed by atoms with E-state index in [0.717, 1.165) is 72.2 Å². The fourth-order valence-corrected chi connectivity index (χ4v) is 9.12. The highest BCUT2D eigenvalue weighted by Crippen LogP contribution is 2.41. The normalized spacial score (nSPS) is 11.3. The highest BCUT2D eigenvalue weighted by molar-refractivity contribution is 6.11. The molecule has 0 radical (unpaired) electrons. The van der Waals surface area contributed by atoms with E-state index in [1.54, 1.807) is 0 Å². The maximum Gasteiger partial charge on any atom is 0.238 e. The molecule has 0 aliphatic rings. The van der Waals surface area contributed by atoms with Crippen molar-refractivity contribution in [3.8, 4) is 62.1 Å². The number of hydrogen-bond acceptors (Lipinski definition) is 4. The zero-order valence-corrected chi connectivity index (χ0v) is 35.9. The van der Waals surface area contributed by atoms with Gasteiger partial charge in [-0.15, -0.1) is 0 Å². The standard InChI is InChI=1S/C61H41N5/c1-5-15-42(16-6-1)45-31-34-53(35-32-45)65(52-23-11-4-12-24-52)54-36-38-56-55-37-33-51(43-17-7-2-8-18-43)40-57(55)66(58(56)41-54)61-63-59(47-20-9-3-10-21-47)62-60(64-61)48-28-25-46(26-29-48)50-30-27-44-19-13-14-22-49(44)39-50/h1-41H. The van der Waals surface area contributed by atoms with Gasteiger partial charge in [0.2, 0.25) is 5.95 Å². The first-order chi connectivity index (χ1) is 32.7. The van der Waals surface area contributed by atoms with Gasteiger partial charge in [-0.05, 0) is 92.7 Å². The number of hydrogen-bond donors (Lipinski definition) is 0. The molecule has 0 unspecified atom stereocenters. The van der Waals surface area contributed by atoms with Crippen LogP contribution in [-0.2, 0) is 0 Å². The van der Waals surface area contributed by atoms with Crippen molar-refractivity contribution in [1.82, 2.24) is 19.5 Å². The average Bonchev–Trinajstić information content (AvgIpc) is 3.73. The average molecular weight is 844 g/mol. The predicted molar refractivity (Wildman–Crippen MR) is 274 cm³/mol. The molecule has 0 aliphatic carbocycles. The first kappa shape index (κ1) is 38.7. The number of aromatic nitrogens is 4. The van der Waals surface area contributed by atoms with Crippen LogP contribution in [-0.4, -0.2) is 19.5 Å². The fourth-order valence-electron chi connectivity index (χ4n) is 9.12. The van der Waals surface area contributed by atoms with Crippen LogP contribution < -0.4 is 4.90 Å². The van der Waals surface area contributed by atoms with Crippen LogP contribution in [0.15, 0.2) is 249 Å². The van der Waals surface area contributed by atoms with E-state index >= 15 is 0 Å². The molecule has 5 heteroatoms. The van der Waals surface area contributed by atoms with E-state index in [-0.39, 0.29) is 0 Å². The lowest BCUT2D eigenvalue weighted by Gasteiger charge is -2.26. The molecule has 2 aromatic heterocycles.